The Hall–Kier alpha value is -2.68. The molecule has 160 valence electrons. The molecule has 5 rings (SSSR count). The van der Waals surface area contributed by atoms with Crippen molar-refractivity contribution in [2.45, 2.75) is 24.8 Å². The molecular formula is C22H22ClN5O2S. The second kappa shape index (κ2) is 7.19. The first-order valence-electron chi connectivity index (χ1n) is 9.98. The van der Waals surface area contributed by atoms with Gasteiger partial charge in [-0.15, -0.1) is 0 Å². The molecule has 0 saturated carbocycles. The van der Waals surface area contributed by atoms with Gasteiger partial charge in [0.15, 0.2) is 5.65 Å². The van der Waals surface area contributed by atoms with Crippen LogP contribution in [0.25, 0.3) is 22.3 Å². The van der Waals surface area contributed by atoms with Crippen molar-refractivity contribution in [3.8, 4) is 11.3 Å². The van der Waals surface area contributed by atoms with Gasteiger partial charge in [0.2, 0.25) is 0 Å². The fourth-order valence-corrected chi connectivity index (χ4v) is 5.71. The number of aromatic nitrogens is 4. The van der Waals surface area contributed by atoms with Crippen molar-refractivity contribution in [3.63, 3.8) is 0 Å². The van der Waals surface area contributed by atoms with Crippen molar-refractivity contribution >= 4 is 32.7 Å². The molecule has 0 bridgehead atoms. The van der Waals surface area contributed by atoms with E-state index in [-0.39, 0.29) is 10.9 Å². The van der Waals surface area contributed by atoms with Crippen LogP contribution in [0.4, 0.5) is 0 Å². The summed E-state index contributed by atoms with van der Waals surface area (Å²) in [6.07, 6.45) is 3.45. The van der Waals surface area contributed by atoms with E-state index in [0.29, 0.717) is 21.7 Å². The summed E-state index contributed by atoms with van der Waals surface area (Å²) in [7, 11) is -1.85. The molecule has 0 unspecified atom stereocenters. The Kier molecular flexibility index (Phi) is 4.69. The Morgan fingerprint density at radius 1 is 1.10 bits per heavy atom. The minimum absolute atomic E-state index is 0.198. The molecule has 31 heavy (non-hydrogen) atoms. The lowest BCUT2D eigenvalue weighted by Gasteiger charge is -2.36. The topological polar surface area (TPSA) is 73.0 Å². The highest BCUT2D eigenvalue weighted by Gasteiger charge is 2.30. The third kappa shape index (κ3) is 3.26. The molecule has 1 aromatic carbocycles. The number of rotatable bonds is 4. The predicted octanol–water partition coefficient (Wildman–Crippen LogP) is 3.89. The first kappa shape index (κ1) is 20.2. The Labute approximate surface area is 185 Å². The van der Waals surface area contributed by atoms with Crippen molar-refractivity contribution in [2.24, 2.45) is 0 Å². The van der Waals surface area contributed by atoms with Gasteiger partial charge in [-0.1, -0.05) is 29.3 Å². The van der Waals surface area contributed by atoms with Gasteiger partial charge in [0.05, 0.1) is 27.3 Å². The highest BCUT2D eigenvalue weighted by molar-refractivity contribution is 7.90. The Morgan fingerprint density at radius 3 is 2.48 bits per heavy atom. The molecule has 0 aliphatic carbocycles. The maximum Gasteiger partial charge on any atom is 0.269 e. The number of halogens is 1. The van der Waals surface area contributed by atoms with Gasteiger partial charge >= 0.3 is 0 Å². The summed E-state index contributed by atoms with van der Waals surface area (Å²) in [4.78, 5) is 6.78. The molecule has 0 N–H and O–H groups in total. The molecule has 7 nitrogen and oxygen atoms in total. The number of aryl methyl sites for hydroxylation is 2. The zero-order valence-electron chi connectivity index (χ0n) is 17.4. The van der Waals surface area contributed by atoms with Gasteiger partial charge < -0.3 is 4.90 Å². The van der Waals surface area contributed by atoms with Crippen molar-refractivity contribution in [1.82, 2.24) is 23.6 Å². The molecule has 1 fully saturated rings. The smallest absolute Gasteiger partial charge is 0.269 e. The number of pyridine rings is 1. The summed E-state index contributed by atoms with van der Waals surface area (Å²) in [5, 5.41) is 5.71. The maximum absolute atomic E-state index is 13.7. The molecule has 4 heterocycles. The van der Waals surface area contributed by atoms with E-state index in [9.17, 15) is 8.42 Å². The molecule has 1 saturated heterocycles. The lowest BCUT2D eigenvalue weighted by atomic mass is 10.1. The van der Waals surface area contributed by atoms with Crippen LogP contribution in [0.15, 0.2) is 53.7 Å². The predicted molar refractivity (Wildman–Crippen MR) is 121 cm³/mol. The van der Waals surface area contributed by atoms with Crippen LogP contribution in [0, 0.1) is 13.8 Å². The van der Waals surface area contributed by atoms with Crippen LogP contribution < -0.4 is 0 Å². The molecule has 3 aromatic heterocycles. The Bertz CT molecular complexity index is 1400. The van der Waals surface area contributed by atoms with Crippen LogP contribution >= 0.6 is 11.6 Å². The van der Waals surface area contributed by atoms with Gasteiger partial charge in [-0.05, 0) is 45.2 Å². The van der Waals surface area contributed by atoms with Crippen LogP contribution in [0.1, 0.15) is 17.3 Å². The third-order valence-corrected chi connectivity index (χ3v) is 7.83. The average molecular weight is 456 g/mol. The zero-order chi connectivity index (χ0) is 21.9. The molecule has 0 spiro atoms. The molecule has 4 aromatic rings. The van der Waals surface area contributed by atoms with E-state index in [2.05, 4.69) is 22.0 Å². The lowest BCUT2D eigenvalue weighted by Crippen LogP contribution is -2.45. The number of nitrogens with zero attached hydrogens (tertiary/aromatic N) is 5. The summed E-state index contributed by atoms with van der Waals surface area (Å²) in [6, 6.07) is 10.5. The summed E-state index contributed by atoms with van der Waals surface area (Å²) in [6.45, 7) is 5.64. The lowest BCUT2D eigenvalue weighted by molar-refractivity contribution is 0.130. The highest BCUT2D eigenvalue weighted by Crippen LogP contribution is 2.36. The first-order chi connectivity index (χ1) is 14.8. The van der Waals surface area contributed by atoms with Crippen molar-refractivity contribution < 1.29 is 8.42 Å². The molecule has 9 heteroatoms. The van der Waals surface area contributed by atoms with Gasteiger partial charge in [-0.2, -0.15) is 5.10 Å². The number of hydrogen-bond acceptors (Lipinski definition) is 5. The summed E-state index contributed by atoms with van der Waals surface area (Å²) >= 11 is 6.42. The average Bonchev–Trinajstić information content (AvgIpc) is 3.27. The zero-order valence-corrected chi connectivity index (χ0v) is 19.0. The number of hydrogen-bond donors (Lipinski definition) is 0. The van der Waals surface area contributed by atoms with Gasteiger partial charge in [0.25, 0.3) is 10.0 Å². The quantitative estimate of drug-likeness (QED) is 0.466. The van der Waals surface area contributed by atoms with E-state index in [1.54, 1.807) is 36.4 Å². The highest BCUT2D eigenvalue weighted by atomic mass is 35.5. The van der Waals surface area contributed by atoms with E-state index >= 15 is 0 Å². The summed E-state index contributed by atoms with van der Waals surface area (Å²) < 4.78 is 30.7. The minimum Gasteiger partial charge on any atom is -0.302 e. The van der Waals surface area contributed by atoms with Crippen LogP contribution in [0.5, 0.6) is 0 Å². The van der Waals surface area contributed by atoms with Gasteiger partial charge in [0.1, 0.15) is 0 Å². The molecule has 0 radical (unpaired) electrons. The molecular weight excluding hydrogens is 434 g/mol. The third-order valence-electron chi connectivity index (χ3n) is 5.78. The molecule has 0 amide bonds. The second-order valence-corrected chi connectivity index (χ2v) is 10.3. The fraction of sp³-hybridized carbons (Fsp3) is 0.273. The van der Waals surface area contributed by atoms with E-state index < -0.39 is 10.0 Å². The minimum atomic E-state index is -3.91. The normalized spacial score (nSPS) is 15.5. The van der Waals surface area contributed by atoms with Gasteiger partial charge in [-0.3, -0.25) is 4.68 Å². The maximum atomic E-state index is 13.7. The number of benzene rings is 1. The standard InChI is InChI=1S/C22H22ClN5O2S/c1-14-4-6-17(7-5-14)31(29,30)28-21(10-18-20(23)8-9-24-22(18)28)19-13-27(25-15(19)2)16-11-26(3)12-16/h4-10,13,16H,11-12H2,1-3H3. The second-order valence-electron chi connectivity index (χ2n) is 8.13. The molecule has 0 atom stereocenters. The summed E-state index contributed by atoms with van der Waals surface area (Å²) in [5.41, 5.74) is 3.31. The SMILES string of the molecule is Cc1ccc(S(=O)(=O)n2c(-c3cn(C4CN(C)C4)nc3C)cc3c(Cl)ccnc32)cc1. The van der Waals surface area contributed by atoms with Crippen LogP contribution in [-0.4, -0.2) is 52.2 Å². The van der Waals surface area contributed by atoms with Crippen LogP contribution in [0.3, 0.4) is 0 Å². The van der Waals surface area contributed by atoms with Crippen molar-refractivity contribution in [2.75, 3.05) is 20.1 Å². The van der Waals surface area contributed by atoms with E-state index in [1.807, 2.05) is 24.7 Å². The summed E-state index contributed by atoms with van der Waals surface area (Å²) in [5.74, 6) is 0. The van der Waals surface area contributed by atoms with E-state index in [0.717, 1.165) is 29.9 Å². The first-order valence-corrected chi connectivity index (χ1v) is 11.8. The fourth-order valence-electron chi connectivity index (χ4n) is 4.04. The van der Waals surface area contributed by atoms with Gasteiger partial charge in [-0.25, -0.2) is 17.4 Å². The Morgan fingerprint density at radius 2 is 1.81 bits per heavy atom. The van der Waals surface area contributed by atoms with Crippen molar-refractivity contribution in [1.29, 1.82) is 0 Å². The molecule has 1 aliphatic heterocycles. The number of fused-ring (bicyclic) bond motifs is 1. The largest absolute Gasteiger partial charge is 0.302 e. The van der Waals surface area contributed by atoms with Crippen LogP contribution in [0.2, 0.25) is 5.02 Å². The van der Waals surface area contributed by atoms with Gasteiger partial charge in [0, 0.05) is 36.4 Å². The number of likely N-dealkylation sites (N-methyl/N-ethyl adjacent to an activating group) is 1. The Balaban J connectivity index is 1.75. The molecule has 1 aliphatic rings. The van der Waals surface area contributed by atoms with Crippen molar-refractivity contribution in [3.05, 3.63) is 65.1 Å². The monoisotopic (exact) mass is 455 g/mol. The van der Waals surface area contributed by atoms with Crippen LogP contribution in [-0.2, 0) is 10.0 Å². The van der Waals surface area contributed by atoms with E-state index in [4.69, 9.17) is 11.6 Å². The van der Waals surface area contributed by atoms with E-state index in [1.165, 1.54) is 10.2 Å². The number of likely N-dealkylation sites (tertiary alicyclic amines) is 1.